The molecule has 0 radical (unpaired) electrons. The van der Waals surface area contributed by atoms with Crippen LogP contribution in [0.3, 0.4) is 0 Å². The van der Waals surface area contributed by atoms with Gasteiger partial charge in [0.1, 0.15) is 18.1 Å². The number of hydrogen-bond acceptors (Lipinski definition) is 12. The van der Waals surface area contributed by atoms with Crippen molar-refractivity contribution in [2.24, 2.45) is 17.3 Å². The van der Waals surface area contributed by atoms with Gasteiger partial charge in [0.05, 0.1) is 47.8 Å². The maximum absolute atomic E-state index is 14.6. The van der Waals surface area contributed by atoms with Crippen LogP contribution in [-0.2, 0) is 52.8 Å². The molecule has 344 valence electrons. The number of benzene rings is 1. The Morgan fingerprint density at radius 3 is 2.61 bits per heavy atom. The Balaban J connectivity index is 1.27. The van der Waals surface area contributed by atoms with Gasteiger partial charge in [-0.05, 0) is 75.3 Å². The van der Waals surface area contributed by atoms with Crippen LogP contribution >= 0.6 is 11.3 Å². The molecule has 4 amide bonds. The number of hydrogen-bond donors (Lipinski definition) is 2. The van der Waals surface area contributed by atoms with E-state index < -0.39 is 53.3 Å². The molecule has 0 saturated carbocycles. The molecule has 6 heterocycles. The van der Waals surface area contributed by atoms with Crippen LogP contribution in [0.4, 0.5) is 4.79 Å². The summed E-state index contributed by atoms with van der Waals surface area (Å²) in [6.45, 7) is 13.7. The van der Waals surface area contributed by atoms with E-state index in [-0.39, 0.29) is 37.5 Å². The third-order valence-electron chi connectivity index (χ3n) is 12.8. The van der Waals surface area contributed by atoms with Crippen LogP contribution in [0.2, 0.25) is 0 Å². The Kier molecular flexibility index (Phi) is 14.1. The number of aryl methyl sites for hydroxylation is 1. The predicted molar refractivity (Wildman–Crippen MR) is 243 cm³/mol. The van der Waals surface area contributed by atoms with Gasteiger partial charge in [-0.1, -0.05) is 33.8 Å². The van der Waals surface area contributed by atoms with Crippen LogP contribution in [0.1, 0.15) is 83.2 Å². The first kappa shape index (κ1) is 46.6. The van der Waals surface area contributed by atoms with E-state index in [1.54, 1.807) is 20.4 Å². The number of esters is 1. The van der Waals surface area contributed by atoms with E-state index in [1.165, 1.54) is 33.3 Å². The molecule has 2 fully saturated rings. The third-order valence-corrected chi connectivity index (χ3v) is 13.7. The van der Waals surface area contributed by atoms with Gasteiger partial charge in [0, 0.05) is 85.8 Å². The number of amides is 4. The molecule has 0 spiro atoms. The maximum atomic E-state index is 14.6. The topological polar surface area (TPSA) is 178 Å². The molecule has 3 aliphatic heterocycles. The Hall–Kier alpha value is -5.39. The minimum Gasteiger partial charge on any atom is -0.464 e. The first-order valence-electron chi connectivity index (χ1n) is 22.3. The van der Waals surface area contributed by atoms with Gasteiger partial charge < -0.3 is 33.9 Å². The van der Waals surface area contributed by atoms with Gasteiger partial charge in [-0.3, -0.25) is 29.2 Å². The van der Waals surface area contributed by atoms with Gasteiger partial charge in [-0.15, -0.1) is 11.3 Å². The molecule has 3 aliphatic rings. The van der Waals surface area contributed by atoms with Gasteiger partial charge >= 0.3 is 12.1 Å². The molecule has 4 aromatic rings. The molecule has 1 aromatic carbocycles. The second-order valence-electron chi connectivity index (χ2n) is 18.3. The van der Waals surface area contributed by atoms with E-state index in [1.807, 2.05) is 32.2 Å². The van der Waals surface area contributed by atoms with Crippen LogP contribution in [0, 0.1) is 17.3 Å². The van der Waals surface area contributed by atoms with Crippen molar-refractivity contribution in [2.75, 3.05) is 47.5 Å². The van der Waals surface area contributed by atoms with Crippen molar-refractivity contribution < 1.29 is 38.2 Å². The number of methoxy groups -OCH3 is 2. The summed E-state index contributed by atoms with van der Waals surface area (Å²) in [4.78, 5) is 81.6. The number of pyridine rings is 1. The Bertz CT molecular complexity index is 2390. The van der Waals surface area contributed by atoms with Crippen LogP contribution < -0.4 is 10.7 Å². The van der Waals surface area contributed by atoms with Crippen molar-refractivity contribution in [2.45, 2.75) is 104 Å². The Morgan fingerprint density at radius 1 is 1.11 bits per heavy atom. The zero-order valence-corrected chi connectivity index (χ0v) is 39.3. The van der Waals surface area contributed by atoms with Crippen molar-refractivity contribution in [1.29, 1.82) is 0 Å². The highest BCUT2D eigenvalue weighted by Crippen LogP contribution is 2.42. The summed E-state index contributed by atoms with van der Waals surface area (Å²) in [6, 6.07) is 7.59. The number of hydrazine groups is 1. The normalized spacial score (nSPS) is 21.3. The largest absolute Gasteiger partial charge is 0.464 e. The first-order valence-corrected chi connectivity index (χ1v) is 23.2. The van der Waals surface area contributed by atoms with Crippen molar-refractivity contribution in [3.63, 3.8) is 0 Å². The average molecular weight is 899 g/mol. The van der Waals surface area contributed by atoms with Gasteiger partial charge in [0.2, 0.25) is 11.8 Å². The summed E-state index contributed by atoms with van der Waals surface area (Å²) in [5, 5.41) is 8.07. The minimum atomic E-state index is -1.09. The standard InChI is InChI=1S/C47H62N8O8S/c1-10-54-37-16-15-29-21-32(37)33(41(54)31-13-11-18-48-39(31)28(4)61-8)23-47(5,6)26-63-45(59)34-14-12-19-55(51-34)44(58)35(22-38-49-36(29)25-64-38)50-42(56)40(27(2)3)52(7)43(57)30-17-20-53(24-30)46(60)62-9/h11,13,15-16,18,21,25,27-28,30,34-35,40,51H,10,12,14,17,19-20,22-24,26H2,1-9H3,(H,50,56)/t28-,30-,34-,35-,40?/m0/s1. The summed E-state index contributed by atoms with van der Waals surface area (Å²) >= 11 is 1.40. The molecule has 6 bridgehead atoms. The lowest BCUT2D eigenvalue weighted by Crippen LogP contribution is -2.62. The number of fused-ring (bicyclic) bond motifs is 6. The van der Waals surface area contributed by atoms with Crippen LogP contribution in [-0.4, -0.2) is 125 Å². The van der Waals surface area contributed by atoms with E-state index >= 15 is 0 Å². The Morgan fingerprint density at radius 2 is 1.89 bits per heavy atom. The highest BCUT2D eigenvalue weighted by Gasteiger charge is 2.41. The van der Waals surface area contributed by atoms with Gasteiger partial charge in [0.15, 0.2) is 0 Å². The molecule has 2 N–H and O–H groups in total. The van der Waals surface area contributed by atoms with Gasteiger partial charge in [-0.2, -0.15) is 0 Å². The number of rotatable bonds is 9. The number of aromatic nitrogens is 3. The smallest absolute Gasteiger partial charge is 0.409 e. The monoisotopic (exact) mass is 898 g/mol. The summed E-state index contributed by atoms with van der Waals surface area (Å²) in [5.41, 5.74) is 9.23. The first-order chi connectivity index (χ1) is 30.5. The van der Waals surface area contributed by atoms with Crippen LogP contribution in [0.5, 0.6) is 0 Å². The van der Waals surface area contributed by atoms with E-state index in [0.29, 0.717) is 50.3 Å². The number of likely N-dealkylation sites (tertiary alicyclic amines) is 1. The number of cyclic esters (lactones) is 1. The Labute approximate surface area is 379 Å². The average Bonchev–Trinajstić information content (AvgIpc) is 4.05. The molecule has 7 rings (SSSR count). The highest BCUT2D eigenvalue weighted by atomic mass is 32.1. The molecular formula is C47H62N8O8S. The molecule has 17 heteroatoms. The SMILES string of the molecule is CCn1c(-c2cccnc2[C@H](C)OC)c2c3cc(ccc31)-c1csc(n1)C[C@H](NC(=O)C(C(C)C)N(C)C(=O)[C@H]1CCN(C(=O)OC)C1)C(=O)N1CCC[C@H](N1)C(=O)OCC(C)(C)C2. The second kappa shape index (κ2) is 19.4. The van der Waals surface area contributed by atoms with Gasteiger partial charge in [0.25, 0.3) is 5.91 Å². The summed E-state index contributed by atoms with van der Waals surface area (Å²) in [6.07, 6.45) is 3.12. The predicted octanol–water partition coefficient (Wildman–Crippen LogP) is 5.77. The van der Waals surface area contributed by atoms with Gasteiger partial charge in [-0.25, -0.2) is 15.2 Å². The lowest BCUT2D eigenvalue weighted by Gasteiger charge is -2.36. The van der Waals surface area contributed by atoms with Crippen LogP contribution in [0.15, 0.2) is 41.9 Å². The maximum Gasteiger partial charge on any atom is 0.409 e. The number of carbonyl (C=O) groups is 5. The van der Waals surface area contributed by atoms with E-state index in [4.69, 9.17) is 24.2 Å². The molecule has 2 saturated heterocycles. The molecular weight excluding hydrogens is 837 g/mol. The van der Waals surface area contributed by atoms with E-state index in [0.717, 1.165) is 44.7 Å². The molecule has 0 aliphatic carbocycles. The number of likely N-dealkylation sites (N-methyl/N-ethyl adjacent to an activating group) is 1. The van der Waals surface area contributed by atoms with Crippen molar-refractivity contribution >= 4 is 52.0 Å². The zero-order valence-electron chi connectivity index (χ0n) is 38.4. The summed E-state index contributed by atoms with van der Waals surface area (Å²) in [7, 11) is 4.57. The fourth-order valence-electron chi connectivity index (χ4n) is 9.43. The summed E-state index contributed by atoms with van der Waals surface area (Å²) < 4.78 is 19.1. The number of nitrogens with one attached hydrogen (secondary N) is 2. The fourth-order valence-corrected chi connectivity index (χ4v) is 10.3. The quantitative estimate of drug-likeness (QED) is 0.195. The molecule has 5 atom stereocenters. The number of thiazole rings is 1. The summed E-state index contributed by atoms with van der Waals surface area (Å²) in [5.74, 6) is -2.47. The number of nitrogens with zero attached hydrogens (tertiary/aromatic N) is 6. The highest BCUT2D eigenvalue weighted by molar-refractivity contribution is 7.10. The lowest BCUT2D eigenvalue weighted by molar-refractivity contribution is -0.155. The van der Waals surface area contributed by atoms with Crippen molar-refractivity contribution in [3.05, 3.63) is 58.2 Å². The molecule has 64 heavy (non-hydrogen) atoms. The van der Waals surface area contributed by atoms with E-state index in [2.05, 4.69) is 60.3 Å². The fraction of sp³-hybridized carbons (Fsp3) is 0.553. The van der Waals surface area contributed by atoms with Crippen molar-refractivity contribution in [1.82, 2.24) is 40.1 Å². The molecule has 16 nitrogen and oxygen atoms in total. The lowest BCUT2D eigenvalue weighted by atomic mass is 9.84. The van der Waals surface area contributed by atoms with E-state index in [9.17, 15) is 24.0 Å². The number of ether oxygens (including phenoxy) is 3. The third kappa shape index (κ3) is 9.52. The van der Waals surface area contributed by atoms with Crippen LogP contribution in [0.25, 0.3) is 33.4 Å². The molecule has 3 aromatic heterocycles. The zero-order chi connectivity index (χ0) is 46.0. The van der Waals surface area contributed by atoms with Crippen molar-refractivity contribution in [3.8, 4) is 22.5 Å². The second-order valence-corrected chi connectivity index (χ2v) is 19.3. The molecule has 1 unspecified atom stereocenters. The number of carbonyl (C=O) groups excluding carboxylic acids is 5. The minimum absolute atomic E-state index is 0.0707.